The van der Waals surface area contributed by atoms with Gasteiger partial charge in [0.2, 0.25) is 0 Å². The summed E-state index contributed by atoms with van der Waals surface area (Å²) < 4.78 is 0. The summed E-state index contributed by atoms with van der Waals surface area (Å²) in [6, 6.07) is 14.8. The van der Waals surface area contributed by atoms with E-state index in [0.717, 1.165) is 23.2 Å². The number of ketones is 1. The molecule has 2 aromatic carbocycles. The number of benzene rings is 2. The lowest BCUT2D eigenvalue weighted by Crippen LogP contribution is -2.44. The molecule has 4 heteroatoms. The van der Waals surface area contributed by atoms with Crippen molar-refractivity contribution in [3.8, 4) is 0 Å². The van der Waals surface area contributed by atoms with Crippen molar-refractivity contribution < 1.29 is 9.59 Å². The zero-order valence-corrected chi connectivity index (χ0v) is 14.7. The maximum absolute atomic E-state index is 12.6. The smallest absolute Gasteiger partial charge is 0.251 e. The summed E-state index contributed by atoms with van der Waals surface area (Å²) in [6.45, 7) is 4.17. The van der Waals surface area contributed by atoms with Gasteiger partial charge in [0.15, 0.2) is 5.78 Å². The molecule has 0 unspecified atom stereocenters. The van der Waals surface area contributed by atoms with E-state index in [-0.39, 0.29) is 17.2 Å². The Hall–Kier alpha value is -2.88. The largest absolute Gasteiger partial charge is 0.379 e. The van der Waals surface area contributed by atoms with Crippen LogP contribution in [0.25, 0.3) is 5.70 Å². The second-order valence-corrected chi connectivity index (χ2v) is 6.92. The van der Waals surface area contributed by atoms with E-state index in [9.17, 15) is 9.59 Å². The third-order valence-corrected chi connectivity index (χ3v) is 4.32. The second-order valence-electron chi connectivity index (χ2n) is 6.92. The molecule has 0 aromatic heterocycles. The van der Waals surface area contributed by atoms with Crippen molar-refractivity contribution in [2.75, 3.05) is 7.05 Å². The number of hydrogen-bond acceptors (Lipinski definition) is 3. The van der Waals surface area contributed by atoms with Gasteiger partial charge < -0.3 is 10.6 Å². The summed E-state index contributed by atoms with van der Waals surface area (Å²) in [7, 11) is 1.62. The number of nitrogens with one attached hydrogen (secondary N) is 2. The number of allylic oxidation sites excluding steroid dienone is 1. The van der Waals surface area contributed by atoms with Crippen molar-refractivity contribution in [3.63, 3.8) is 0 Å². The number of amides is 1. The van der Waals surface area contributed by atoms with Gasteiger partial charge in [0, 0.05) is 41.1 Å². The van der Waals surface area contributed by atoms with E-state index in [1.165, 1.54) is 0 Å². The average molecular weight is 334 g/mol. The Morgan fingerprint density at radius 1 is 1.08 bits per heavy atom. The van der Waals surface area contributed by atoms with Gasteiger partial charge in [-0.2, -0.15) is 0 Å². The number of fused-ring (bicyclic) bond motifs is 1. The molecule has 0 spiro atoms. The topological polar surface area (TPSA) is 58.2 Å². The summed E-state index contributed by atoms with van der Waals surface area (Å²) in [5.74, 6) is -0.146. The van der Waals surface area contributed by atoms with Gasteiger partial charge in [-0.1, -0.05) is 36.4 Å². The second kappa shape index (κ2) is 6.55. The molecule has 1 aliphatic rings. The van der Waals surface area contributed by atoms with Crippen LogP contribution in [0.15, 0.2) is 54.6 Å². The molecule has 3 rings (SSSR count). The van der Waals surface area contributed by atoms with Gasteiger partial charge >= 0.3 is 0 Å². The van der Waals surface area contributed by atoms with E-state index in [1.54, 1.807) is 19.2 Å². The van der Waals surface area contributed by atoms with E-state index in [2.05, 4.69) is 24.5 Å². The van der Waals surface area contributed by atoms with Crippen molar-refractivity contribution in [2.24, 2.45) is 0 Å². The lowest BCUT2D eigenvalue weighted by molar-refractivity contribution is 0.0962. The van der Waals surface area contributed by atoms with Crippen LogP contribution in [0.5, 0.6) is 0 Å². The van der Waals surface area contributed by atoms with Crippen LogP contribution in [0.2, 0.25) is 0 Å². The highest BCUT2D eigenvalue weighted by Crippen LogP contribution is 2.30. The average Bonchev–Trinajstić information content (AvgIpc) is 2.60. The van der Waals surface area contributed by atoms with Gasteiger partial charge in [-0.05, 0) is 38.0 Å². The Kier molecular flexibility index (Phi) is 4.45. The van der Waals surface area contributed by atoms with Gasteiger partial charge in [0.05, 0.1) is 0 Å². The molecule has 0 atom stereocenters. The Bertz CT molecular complexity index is 851. The first-order valence-corrected chi connectivity index (χ1v) is 8.34. The van der Waals surface area contributed by atoms with Crippen LogP contribution >= 0.6 is 0 Å². The molecule has 0 saturated heterocycles. The van der Waals surface area contributed by atoms with Gasteiger partial charge in [0.1, 0.15) is 0 Å². The number of carbonyl (C=O) groups is 2. The molecule has 128 valence electrons. The minimum absolute atomic E-state index is 0.0397. The van der Waals surface area contributed by atoms with Crippen molar-refractivity contribution in [3.05, 3.63) is 76.9 Å². The highest BCUT2D eigenvalue weighted by Gasteiger charge is 2.28. The van der Waals surface area contributed by atoms with Crippen LogP contribution < -0.4 is 10.6 Å². The zero-order chi connectivity index (χ0) is 18.0. The highest BCUT2D eigenvalue weighted by molar-refractivity contribution is 6.08. The van der Waals surface area contributed by atoms with Crippen LogP contribution in [0.3, 0.4) is 0 Å². The zero-order valence-electron chi connectivity index (χ0n) is 14.7. The fourth-order valence-corrected chi connectivity index (χ4v) is 3.17. The van der Waals surface area contributed by atoms with Crippen molar-refractivity contribution in [1.29, 1.82) is 0 Å². The van der Waals surface area contributed by atoms with E-state index < -0.39 is 0 Å². The van der Waals surface area contributed by atoms with Gasteiger partial charge in [-0.25, -0.2) is 0 Å². The summed E-state index contributed by atoms with van der Waals surface area (Å²) in [6.07, 6.45) is 2.43. The van der Waals surface area contributed by atoms with Gasteiger partial charge in [0.25, 0.3) is 5.91 Å². The van der Waals surface area contributed by atoms with E-state index >= 15 is 0 Å². The van der Waals surface area contributed by atoms with E-state index in [1.807, 2.05) is 42.5 Å². The molecule has 2 aromatic rings. The molecule has 0 aliphatic carbocycles. The Morgan fingerprint density at radius 2 is 1.80 bits per heavy atom. The number of rotatable bonds is 3. The molecule has 0 bridgehead atoms. The maximum atomic E-state index is 12.6. The number of hydrogen-bond donors (Lipinski definition) is 2. The predicted molar refractivity (Wildman–Crippen MR) is 99.5 cm³/mol. The van der Waals surface area contributed by atoms with Crippen LogP contribution in [0.1, 0.15) is 45.7 Å². The number of carbonyl (C=O) groups excluding carboxylic acids is 2. The van der Waals surface area contributed by atoms with Crippen molar-refractivity contribution >= 4 is 17.4 Å². The van der Waals surface area contributed by atoms with Gasteiger partial charge in [-0.15, -0.1) is 0 Å². The first-order valence-electron chi connectivity index (χ1n) is 8.34. The van der Waals surface area contributed by atoms with Crippen molar-refractivity contribution in [1.82, 2.24) is 10.6 Å². The molecular formula is C21H22N2O2. The molecule has 2 N–H and O–H groups in total. The van der Waals surface area contributed by atoms with Crippen molar-refractivity contribution in [2.45, 2.75) is 25.8 Å². The Morgan fingerprint density at radius 3 is 2.48 bits per heavy atom. The quantitative estimate of drug-likeness (QED) is 0.669. The maximum Gasteiger partial charge on any atom is 0.251 e. The SMILES string of the molecule is CNC(=O)c1ccc2c(c1)CC(C)(C)N/C2=C\C(=O)c1ccccc1. The molecule has 0 saturated carbocycles. The molecule has 1 aliphatic heterocycles. The summed E-state index contributed by atoms with van der Waals surface area (Å²) >= 11 is 0. The molecule has 1 heterocycles. The first kappa shape index (κ1) is 17.0. The normalized spacial score (nSPS) is 16.7. The fraction of sp³-hybridized carbons (Fsp3) is 0.238. The molecule has 0 radical (unpaired) electrons. The van der Waals surface area contributed by atoms with E-state index in [0.29, 0.717) is 11.1 Å². The summed E-state index contributed by atoms with van der Waals surface area (Å²) in [5, 5.41) is 6.10. The monoisotopic (exact) mass is 334 g/mol. The highest BCUT2D eigenvalue weighted by atomic mass is 16.1. The third kappa shape index (κ3) is 3.63. The standard InChI is InChI=1S/C21H22N2O2/c1-21(2)13-16-11-15(20(25)22-3)9-10-17(16)18(23-21)12-19(24)14-7-5-4-6-8-14/h4-12,23H,13H2,1-3H3,(H,22,25)/b18-12-. The summed E-state index contributed by atoms with van der Waals surface area (Å²) in [4.78, 5) is 24.5. The molecular weight excluding hydrogens is 312 g/mol. The lowest BCUT2D eigenvalue weighted by Gasteiger charge is -2.35. The summed E-state index contributed by atoms with van der Waals surface area (Å²) in [5.41, 5.74) is 3.92. The Labute approximate surface area is 148 Å². The van der Waals surface area contributed by atoms with Crippen LogP contribution in [-0.4, -0.2) is 24.3 Å². The van der Waals surface area contributed by atoms with Crippen LogP contribution in [-0.2, 0) is 6.42 Å². The van der Waals surface area contributed by atoms with Gasteiger partial charge in [-0.3, -0.25) is 9.59 Å². The lowest BCUT2D eigenvalue weighted by atomic mass is 9.84. The molecule has 25 heavy (non-hydrogen) atoms. The predicted octanol–water partition coefficient (Wildman–Crippen LogP) is 3.19. The first-order chi connectivity index (χ1) is 11.9. The fourth-order valence-electron chi connectivity index (χ4n) is 3.17. The molecule has 4 nitrogen and oxygen atoms in total. The third-order valence-electron chi connectivity index (χ3n) is 4.32. The minimum atomic E-state index is -0.197. The minimum Gasteiger partial charge on any atom is -0.379 e. The Balaban J connectivity index is 2.03. The van der Waals surface area contributed by atoms with Crippen LogP contribution in [0, 0.1) is 0 Å². The molecule has 0 fully saturated rings. The van der Waals surface area contributed by atoms with Crippen LogP contribution in [0.4, 0.5) is 0 Å². The molecule has 1 amide bonds. The van der Waals surface area contributed by atoms with E-state index in [4.69, 9.17) is 0 Å².